The second kappa shape index (κ2) is 8.12. The van der Waals surface area contributed by atoms with Gasteiger partial charge >= 0.3 is 0 Å². The topological polar surface area (TPSA) is 61.6 Å². The zero-order chi connectivity index (χ0) is 19.4. The Morgan fingerprint density at radius 3 is 2.07 bits per heavy atom. The number of hydrogen-bond donors (Lipinski definition) is 0. The van der Waals surface area contributed by atoms with Gasteiger partial charge in [-0.3, -0.25) is 0 Å². The Hall–Kier alpha value is -3.02. The summed E-state index contributed by atoms with van der Waals surface area (Å²) in [5, 5.41) is 8.80. The fourth-order valence-electron chi connectivity index (χ4n) is 3.23. The highest BCUT2D eigenvalue weighted by molar-refractivity contribution is 6.15. The number of nitrogens with zero attached hydrogens (tertiary/aromatic N) is 2. The molecule has 3 rings (SSSR count). The minimum Gasteiger partial charge on any atom is -0.493 e. The number of hydrogen-bond acceptors (Lipinski definition) is 6. The zero-order valence-corrected chi connectivity index (χ0v) is 16.3. The minimum atomic E-state index is 0.140. The van der Waals surface area contributed by atoms with E-state index >= 15 is 0 Å². The van der Waals surface area contributed by atoms with Crippen LogP contribution in [0.3, 0.4) is 0 Å². The van der Waals surface area contributed by atoms with E-state index in [2.05, 4.69) is 17.1 Å². The first-order chi connectivity index (χ1) is 13.2. The van der Waals surface area contributed by atoms with E-state index < -0.39 is 0 Å². The summed E-state index contributed by atoms with van der Waals surface area (Å²) in [5.41, 5.74) is 3.70. The van der Waals surface area contributed by atoms with Crippen molar-refractivity contribution in [2.75, 3.05) is 28.4 Å². The summed E-state index contributed by atoms with van der Waals surface area (Å²) in [7, 11) is 6.49. The van der Waals surface area contributed by atoms with Crippen LogP contribution >= 0.6 is 0 Å². The molecule has 0 aliphatic carbocycles. The highest BCUT2D eigenvalue weighted by atomic mass is 16.5. The number of ether oxygens (including phenoxy) is 4. The molecule has 0 radical (unpaired) electrons. The van der Waals surface area contributed by atoms with E-state index in [0.717, 1.165) is 28.8 Å². The van der Waals surface area contributed by atoms with Crippen LogP contribution in [0.4, 0.5) is 0 Å². The molecule has 0 aromatic heterocycles. The molecule has 1 aliphatic rings. The van der Waals surface area contributed by atoms with Crippen molar-refractivity contribution in [3.63, 3.8) is 0 Å². The van der Waals surface area contributed by atoms with Gasteiger partial charge in [0.05, 0.1) is 28.4 Å². The molecule has 0 N–H and O–H groups in total. The smallest absolute Gasteiger partial charge is 0.161 e. The van der Waals surface area contributed by atoms with Crippen LogP contribution < -0.4 is 18.9 Å². The average Bonchev–Trinajstić information content (AvgIpc) is 2.90. The van der Waals surface area contributed by atoms with Crippen LogP contribution in [0.2, 0.25) is 0 Å². The third-order valence-electron chi connectivity index (χ3n) is 4.71. The lowest BCUT2D eigenvalue weighted by molar-refractivity contribution is 0.354. The molecule has 0 bridgehead atoms. The summed E-state index contributed by atoms with van der Waals surface area (Å²) in [5.74, 6) is 2.79. The quantitative estimate of drug-likeness (QED) is 0.772. The second-order valence-electron chi connectivity index (χ2n) is 6.09. The first-order valence-corrected chi connectivity index (χ1v) is 8.76. The Morgan fingerprint density at radius 1 is 0.815 bits per heavy atom. The van der Waals surface area contributed by atoms with Crippen molar-refractivity contribution in [3.05, 3.63) is 47.0 Å². The highest BCUT2D eigenvalue weighted by Gasteiger charge is 2.23. The fourth-order valence-corrected chi connectivity index (χ4v) is 3.23. The normalized spacial score (nSPS) is 15.4. The van der Waals surface area contributed by atoms with Crippen LogP contribution in [0.25, 0.3) is 0 Å². The zero-order valence-electron chi connectivity index (χ0n) is 16.3. The van der Waals surface area contributed by atoms with Crippen LogP contribution in [0, 0.1) is 0 Å². The summed E-state index contributed by atoms with van der Waals surface area (Å²) in [4.78, 5) is 0. The molecule has 0 saturated carbocycles. The predicted octanol–water partition coefficient (Wildman–Crippen LogP) is 4.05. The van der Waals surface area contributed by atoms with Gasteiger partial charge in [-0.2, -0.15) is 10.2 Å². The van der Waals surface area contributed by atoms with Gasteiger partial charge in [0.2, 0.25) is 0 Å². The molecule has 2 aromatic rings. The van der Waals surface area contributed by atoms with E-state index in [-0.39, 0.29) is 5.92 Å². The SMILES string of the molecule is CC[C@@H]1C=NN=C(c2ccc(OC)c(OC)c2)c2cc(OC)c(OC)cc21. The van der Waals surface area contributed by atoms with Crippen molar-refractivity contribution in [2.45, 2.75) is 19.3 Å². The van der Waals surface area contributed by atoms with Crippen molar-refractivity contribution in [1.29, 1.82) is 0 Å². The number of fused-ring (bicyclic) bond motifs is 1. The Morgan fingerprint density at radius 2 is 1.44 bits per heavy atom. The van der Waals surface area contributed by atoms with Gasteiger partial charge in [-0.25, -0.2) is 0 Å². The van der Waals surface area contributed by atoms with Gasteiger partial charge in [-0.15, -0.1) is 0 Å². The molecule has 1 atom stereocenters. The number of methoxy groups -OCH3 is 4. The maximum Gasteiger partial charge on any atom is 0.161 e. The molecule has 1 heterocycles. The van der Waals surface area contributed by atoms with E-state index in [1.807, 2.05) is 36.5 Å². The summed E-state index contributed by atoms with van der Waals surface area (Å²) in [6.45, 7) is 2.12. The van der Waals surface area contributed by atoms with Crippen molar-refractivity contribution in [2.24, 2.45) is 10.2 Å². The van der Waals surface area contributed by atoms with E-state index in [4.69, 9.17) is 18.9 Å². The lowest BCUT2D eigenvalue weighted by Gasteiger charge is -2.18. The second-order valence-corrected chi connectivity index (χ2v) is 6.09. The van der Waals surface area contributed by atoms with Gasteiger partial charge in [0.15, 0.2) is 23.0 Å². The Kier molecular flexibility index (Phi) is 5.64. The Labute approximate surface area is 159 Å². The Bertz CT molecular complexity index is 890. The predicted molar refractivity (Wildman–Crippen MR) is 106 cm³/mol. The van der Waals surface area contributed by atoms with Gasteiger partial charge in [0.25, 0.3) is 0 Å². The Balaban J connectivity index is 2.21. The largest absolute Gasteiger partial charge is 0.493 e. The first-order valence-electron chi connectivity index (χ1n) is 8.76. The van der Waals surface area contributed by atoms with Crippen LogP contribution in [0.5, 0.6) is 23.0 Å². The van der Waals surface area contributed by atoms with Crippen LogP contribution in [-0.4, -0.2) is 40.4 Å². The summed E-state index contributed by atoms with van der Waals surface area (Å²) in [6, 6.07) is 9.68. The molecule has 0 fully saturated rings. The molecular formula is C21H24N2O4. The average molecular weight is 368 g/mol. The molecule has 142 valence electrons. The monoisotopic (exact) mass is 368 g/mol. The van der Waals surface area contributed by atoms with E-state index in [1.165, 1.54) is 0 Å². The summed E-state index contributed by atoms with van der Waals surface area (Å²) < 4.78 is 21.8. The third kappa shape index (κ3) is 3.47. The molecule has 27 heavy (non-hydrogen) atoms. The maximum absolute atomic E-state index is 5.51. The summed E-state index contributed by atoms with van der Waals surface area (Å²) >= 11 is 0. The molecule has 6 nitrogen and oxygen atoms in total. The van der Waals surface area contributed by atoms with Gasteiger partial charge in [0, 0.05) is 23.3 Å². The molecule has 0 saturated heterocycles. The highest BCUT2D eigenvalue weighted by Crippen LogP contribution is 2.37. The molecule has 0 spiro atoms. The number of benzene rings is 2. The van der Waals surface area contributed by atoms with E-state index in [0.29, 0.717) is 23.0 Å². The molecule has 1 aliphatic heterocycles. The molecule has 6 heteroatoms. The molecule has 0 amide bonds. The van der Waals surface area contributed by atoms with Crippen molar-refractivity contribution in [3.8, 4) is 23.0 Å². The van der Waals surface area contributed by atoms with E-state index in [1.54, 1.807) is 28.4 Å². The van der Waals surface area contributed by atoms with Gasteiger partial charge in [0.1, 0.15) is 5.71 Å². The van der Waals surface area contributed by atoms with Crippen LogP contribution in [0.1, 0.15) is 36.0 Å². The van der Waals surface area contributed by atoms with Crippen molar-refractivity contribution >= 4 is 11.9 Å². The lowest BCUT2D eigenvalue weighted by atomic mass is 9.88. The van der Waals surface area contributed by atoms with Crippen molar-refractivity contribution < 1.29 is 18.9 Å². The third-order valence-corrected chi connectivity index (χ3v) is 4.71. The minimum absolute atomic E-state index is 0.140. The first kappa shape index (κ1) is 18.8. The van der Waals surface area contributed by atoms with Gasteiger partial charge in [-0.1, -0.05) is 6.92 Å². The fraction of sp³-hybridized carbons (Fsp3) is 0.333. The van der Waals surface area contributed by atoms with Crippen molar-refractivity contribution in [1.82, 2.24) is 0 Å². The molecule has 2 aromatic carbocycles. The molecule has 0 unspecified atom stereocenters. The summed E-state index contributed by atoms with van der Waals surface area (Å²) in [6.07, 6.45) is 2.78. The van der Waals surface area contributed by atoms with Crippen LogP contribution in [0.15, 0.2) is 40.5 Å². The lowest BCUT2D eigenvalue weighted by Crippen LogP contribution is -2.10. The maximum atomic E-state index is 5.51. The van der Waals surface area contributed by atoms with Gasteiger partial charge < -0.3 is 18.9 Å². The standard InChI is InChI=1S/C21H24N2O4/c1-6-13-12-22-23-21(14-7-8-17(24-2)18(9-14)25-3)16-11-20(27-5)19(26-4)10-15(13)16/h7-13H,6H2,1-5H3/t13-/m1/s1. The molecular weight excluding hydrogens is 344 g/mol. The number of rotatable bonds is 6. The van der Waals surface area contributed by atoms with Gasteiger partial charge in [-0.05, 0) is 42.3 Å². The van der Waals surface area contributed by atoms with E-state index in [9.17, 15) is 0 Å². The van der Waals surface area contributed by atoms with Crippen LogP contribution in [-0.2, 0) is 0 Å².